The van der Waals surface area contributed by atoms with E-state index in [0.717, 1.165) is 11.4 Å². The molecule has 1 heterocycles. The number of hydrogen-bond donors (Lipinski definition) is 1. The summed E-state index contributed by atoms with van der Waals surface area (Å²) in [6, 6.07) is 12.7. The fourth-order valence-electron chi connectivity index (χ4n) is 1.53. The maximum absolute atomic E-state index is 5.69. The first-order valence-electron chi connectivity index (χ1n) is 5.76. The fraction of sp³-hybridized carbons (Fsp3) is 0.286. The summed E-state index contributed by atoms with van der Waals surface area (Å²) in [7, 11) is 0. The number of nitrogens with one attached hydrogen (secondary N) is 1. The van der Waals surface area contributed by atoms with Crippen molar-refractivity contribution >= 4 is 17.0 Å². The SMILES string of the molecule is CC(C)Nc1ccc(OCc2cccs2)cc1. The molecule has 0 aliphatic heterocycles. The third-order valence-electron chi connectivity index (χ3n) is 2.27. The molecule has 0 radical (unpaired) electrons. The van der Waals surface area contributed by atoms with Crippen LogP contribution in [0.2, 0.25) is 0 Å². The van der Waals surface area contributed by atoms with E-state index in [1.54, 1.807) is 11.3 Å². The lowest BCUT2D eigenvalue weighted by Crippen LogP contribution is -2.09. The van der Waals surface area contributed by atoms with Crippen LogP contribution in [0.25, 0.3) is 0 Å². The molecule has 90 valence electrons. The van der Waals surface area contributed by atoms with Crippen molar-refractivity contribution in [1.82, 2.24) is 0 Å². The maximum Gasteiger partial charge on any atom is 0.122 e. The molecule has 1 N–H and O–H groups in total. The van der Waals surface area contributed by atoms with Gasteiger partial charge in [-0.15, -0.1) is 11.3 Å². The summed E-state index contributed by atoms with van der Waals surface area (Å²) in [5.74, 6) is 0.910. The smallest absolute Gasteiger partial charge is 0.122 e. The van der Waals surface area contributed by atoms with Gasteiger partial charge in [0.05, 0.1) is 0 Å². The Balaban J connectivity index is 1.89. The van der Waals surface area contributed by atoms with Crippen LogP contribution in [-0.2, 0) is 6.61 Å². The molecule has 0 fully saturated rings. The van der Waals surface area contributed by atoms with Gasteiger partial charge in [0, 0.05) is 16.6 Å². The van der Waals surface area contributed by atoms with E-state index in [1.807, 2.05) is 30.3 Å². The van der Waals surface area contributed by atoms with Gasteiger partial charge in [-0.05, 0) is 49.6 Å². The Labute approximate surface area is 106 Å². The zero-order chi connectivity index (χ0) is 12.1. The average Bonchev–Trinajstić information content (AvgIpc) is 2.80. The van der Waals surface area contributed by atoms with E-state index in [0.29, 0.717) is 12.6 Å². The first-order valence-corrected chi connectivity index (χ1v) is 6.64. The van der Waals surface area contributed by atoms with Crippen molar-refractivity contribution in [3.63, 3.8) is 0 Å². The normalized spacial score (nSPS) is 10.5. The van der Waals surface area contributed by atoms with Crippen LogP contribution in [0.3, 0.4) is 0 Å². The van der Waals surface area contributed by atoms with Crippen molar-refractivity contribution in [2.75, 3.05) is 5.32 Å². The van der Waals surface area contributed by atoms with E-state index >= 15 is 0 Å². The summed E-state index contributed by atoms with van der Waals surface area (Å²) < 4.78 is 5.69. The Morgan fingerprint density at radius 3 is 2.53 bits per heavy atom. The minimum atomic E-state index is 0.452. The number of ether oxygens (including phenoxy) is 1. The number of rotatable bonds is 5. The van der Waals surface area contributed by atoms with Gasteiger partial charge in [-0.3, -0.25) is 0 Å². The molecule has 0 amide bonds. The largest absolute Gasteiger partial charge is 0.488 e. The van der Waals surface area contributed by atoms with Crippen LogP contribution in [0.5, 0.6) is 5.75 Å². The Morgan fingerprint density at radius 2 is 1.94 bits per heavy atom. The molecule has 0 bridgehead atoms. The Bertz CT molecular complexity index is 434. The molecule has 1 aromatic heterocycles. The lowest BCUT2D eigenvalue weighted by atomic mass is 10.2. The van der Waals surface area contributed by atoms with E-state index in [4.69, 9.17) is 4.74 Å². The van der Waals surface area contributed by atoms with Crippen molar-refractivity contribution in [1.29, 1.82) is 0 Å². The quantitative estimate of drug-likeness (QED) is 0.857. The first kappa shape index (κ1) is 12.0. The second kappa shape index (κ2) is 5.73. The third-order valence-corrected chi connectivity index (χ3v) is 3.12. The zero-order valence-corrected chi connectivity index (χ0v) is 11.0. The summed E-state index contributed by atoms with van der Waals surface area (Å²) in [5, 5.41) is 5.41. The van der Waals surface area contributed by atoms with Gasteiger partial charge in [-0.25, -0.2) is 0 Å². The predicted octanol–water partition coefficient (Wildman–Crippen LogP) is 4.15. The monoisotopic (exact) mass is 247 g/mol. The molecule has 2 nitrogen and oxygen atoms in total. The molecular weight excluding hydrogens is 230 g/mol. The molecule has 0 saturated heterocycles. The Hall–Kier alpha value is -1.48. The van der Waals surface area contributed by atoms with Crippen molar-refractivity contribution < 1.29 is 4.74 Å². The van der Waals surface area contributed by atoms with Crippen molar-refractivity contribution in [3.8, 4) is 5.75 Å². The van der Waals surface area contributed by atoms with Crippen LogP contribution in [0.1, 0.15) is 18.7 Å². The molecule has 1 aromatic carbocycles. The standard InChI is InChI=1S/C14H17NOS/c1-11(2)15-12-5-7-13(8-6-12)16-10-14-4-3-9-17-14/h3-9,11,15H,10H2,1-2H3. The fourth-order valence-corrected chi connectivity index (χ4v) is 2.15. The third kappa shape index (κ3) is 3.79. The van der Waals surface area contributed by atoms with Gasteiger partial charge in [0.2, 0.25) is 0 Å². The van der Waals surface area contributed by atoms with Gasteiger partial charge in [0.25, 0.3) is 0 Å². The molecule has 0 spiro atoms. The summed E-state index contributed by atoms with van der Waals surface area (Å²) in [5.41, 5.74) is 1.13. The van der Waals surface area contributed by atoms with Crippen molar-refractivity contribution in [2.45, 2.75) is 26.5 Å². The highest BCUT2D eigenvalue weighted by Crippen LogP contribution is 2.18. The first-order chi connectivity index (χ1) is 8.24. The zero-order valence-electron chi connectivity index (χ0n) is 10.1. The van der Waals surface area contributed by atoms with E-state index in [9.17, 15) is 0 Å². The molecule has 0 unspecified atom stereocenters. The highest BCUT2D eigenvalue weighted by Gasteiger charge is 1.98. The molecular formula is C14H17NOS. The maximum atomic E-state index is 5.69. The molecule has 3 heteroatoms. The molecule has 2 rings (SSSR count). The van der Waals surface area contributed by atoms with Crippen LogP contribution < -0.4 is 10.1 Å². The predicted molar refractivity (Wildman–Crippen MR) is 73.9 cm³/mol. The minimum Gasteiger partial charge on any atom is -0.488 e. The number of thiophene rings is 1. The van der Waals surface area contributed by atoms with E-state index in [1.165, 1.54) is 4.88 Å². The second-order valence-electron chi connectivity index (χ2n) is 4.19. The number of anilines is 1. The summed E-state index contributed by atoms with van der Waals surface area (Å²) in [6.45, 7) is 4.90. The Morgan fingerprint density at radius 1 is 1.18 bits per heavy atom. The average molecular weight is 247 g/mol. The van der Waals surface area contributed by atoms with Gasteiger partial charge in [0.15, 0.2) is 0 Å². The van der Waals surface area contributed by atoms with E-state index in [-0.39, 0.29) is 0 Å². The van der Waals surface area contributed by atoms with Crippen LogP contribution >= 0.6 is 11.3 Å². The highest BCUT2D eigenvalue weighted by atomic mass is 32.1. The Kier molecular flexibility index (Phi) is 4.04. The van der Waals surface area contributed by atoms with E-state index in [2.05, 4.69) is 30.6 Å². The molecule has 2 aromatic rings. The van der Waals surface area contributed by atoms with Gasteiger partial charge >= 0.3 is 0 Å². The molecule has 0 aliphatic rings. The molecule has 0 aliphatic carbocycles. The molecule has 17 heavy (non-hydrogen) atoms. The van der Waals surface area contributed by atoms with Gasteiger partial charge in [0.1, 0.15) is 12.4 Å². The van der Waals surface area contributed by atoms with Crippen LogP contribution in [0.15, 0.2) is 41.8 Å². The number of hydrogen-bond acceptors (Lipinski definition) is 3. The second-order valence-corrected chi connectivity index (χ2v) is 5.22. The van der Waals surface area contributed by atoms with Gasteiger partial charge in [-0.2, -0.15) is 0 Å². The van der Waals surface area contributed by atoms with Gasteiger partial charge in [-0.1, -0.05) is 6.07 Å². The number of benzene rings is 1. The topological polar surface area (TPSA) is 21.3 Å². The van der Waals surface area contributed by atoms with Crippen LogP contribution in [0, 0.1) is 0 Å². The molecule has 0 atom stereocenters. The van der Waals surface area contributed by atoms with E-state index < -0.39 is 0 Å². The minimum absolute atomic E-state index is 0.452. The van der Waals surface area contributed by atoms with Crippen LogP contribution in [0.4, 0.5) is 5.69 Å². The lowest BCUT2D eigenvalue weighted by Gasteiger charge is -2.10. The van der Waals surface area contributed by atoms with Crippen molar-refractivity contribution in [2.24, 2.45) is 0 Å². The van der Waals surface area contributed by atoms with Crippen molar-refractivity contribution in [3.05, 3.63) is 46.7 Å². The van der Waals surface area contributed by atoms with Crippen LogP contribution in [-0.4, -0.2) is 6.04 Å². The van der Waals surface area contributed by atoms with Gasteiger partial charge < -0.3 is 10.1 Å². The summed E-state index contributed by atoms with van der Waals surface area (Å²) >= 11 is 1.72. The summed E-state index contributed by atoms with van der Waals surface area (Å²) in [6.07, 6.45) is 0. The summed E-state index contributed by atoms with van der Waals surface area (Å²) in [4.78, 5) is 1.24. The molecule has 0 saturated carbocycles. The lowest BCUT2D eigenvalue weighted by molar-refractivity contribution is 0.310. The highest BCUT2D eigenvalue weighted by molar-refractivity contribution is 7.09.